The Morgan fingerprint density at radius 3 is 2.57 bits per heavy atom. The number of oxime groups is 1. The Labute approximate surface area is 134 Å². The highest BCUT2D eigenvalue weighted by atomic mass is 35.5. The predicted molar refractivity (Wildman–Crippen MR) is 83.5 cm³/mol. The molecule has 0 radical (unpaired) electrons. The first-order valence-electron chi connectivity index (χ1n) is 6.13. The summed E-state index contributed by atoms with van der Waals surface area (Å²) in [5, 5.41) is 11.7. The molecular formula is C12H17Cl2N3O3S. The van der Waals surface area contributed by atoms with Crippen molar-refractivity contribution in [3.8, 4) is 0 Å². The van der Waals surface area contributed by atoms with Crippen LogP contribution in [0.4, 0.5) is 0 Å². The maximum absolute atomic E-state index is 12.7. The van der Waals surface area contributed by atoms with Gasteiger partial charge >= 0.3 is 0 Å². The summed E-state index contributed by atoms with van der Waals surface area (Å²) in [6, 6.07) is 3.92. The molecule has 0 aliphatic carbocycles. The monoisotopic (exact) mass is 353 g/mol. The molecule has 0 saturated carbocycles. The summed E-state index contributed by atoms with van der Waals surface area (Å²) in [4.78, 5) is -0.0649. The fourth-order valence-corrected chi connectivity index (χ4v) is 4.11. The number of hydrogen-bond donors (Lipinski definition) is 2. The number of sulfonamides is 1. The lowest BCUT2D eigenvalue weighted by atomic mass is 10.3. The molecule has 0 amide bonds. The lowest BCUT2D eigenvalue weighted by Crippen LogP contribution is -2.39. The highest BCUT2D eigenvalue weighted by molar-refractivity contribution is 7.89. The highest BCUT2D eigenvalue weighted by Crippen LogP contribution is 2.28. The molecule has 0 aromatic heterocycles. The van der Waals surface area contributed by atoms with Gasteiger partial charge in [0.1, 0.15) is 10.7 Å². The lowest BCUT2D eigenvalue weighted by Gasteiger charge is -2.26. The first kappa shape index (κ1) is 18.0. The van der Waals surface area contributed by atoms with Gasteiger partial charge < -0.3 is 10.9 Å². The van der Waals surface area contributed by atoms with E-state index in [9.17, 15) is 8.42 Å². The number of amidine groups is 1. The van der Waals surface area contributed by atoms with Crippen molar-refractivity contribution < 1.29 is 13.6 Å². The molecule has 1 aromatic carbocycles. The van der Waals surface area contributed by atoms with Gasteiger partial charge in [-0.3, -0.25) is 0 Å². The molecule has 0 saturated heterocycles. The van der Waals surface area contributed by atoms with Gasteiger partial charge in [-0.05, 0) is 32.0 Å². The van der Waals surface area contributed by atoms with E-state index in [2.05, 4.69) is 5.16 Å². The fourth-order valence-electron chi connectivity index (χ4n) is 1.73. The van der Waals surface area contributed by atoms with Gasteiger partial charge in [0.05, 0.1) is 5.02 Å². The zero-order chi connectivity index (χ0) is 16.2. The third-order valence-corrected chi connectivity index (χ3v) is 5.56. The number of rotatable bonds is 6. The van der Waals surface area contributed by atoms with Crippen molar-refractivity contribution in [2.45, 2.75) is 31.2 Å². The molecule has 6 nitrogen and oxygen atoms in total. The van der Waals surface area contributed by atoms with E-state index >= 15 is 0 Å². The van der Waals surface area contributed by atoms with E-state index in [0.29, 0.717) is 0 Å². The lowest BCUT2D eigenvalue weighted by molar-refractivity contribution is 0.313. The SMILES string of the molecule is CC(C)N(CCC(N)=NO)S(=O)(=O)c1cc(Cl)ccc1Cl. The molecule has 1 rings (SSSR count). The average Bonchev–Trinajstić information content (AvgIpc) is 2.40. The molecule has 0 atom stereocenters. The van der Waals surface area contributed by atoms with E-state index in [1.807, 2.05) is 0 Å². The normalized spacial score (nSPS) is 13.1. The zero-order valence-corrected chi connectivity index (χ0v) is 14.0. The molecule has 118 valence electrons. The number of benzene rings is 1. The second-order valence-corrected chi connectivity index (χ2v) is 7.33. The quantitative estimate of drug-likeness (QED) is 0.355. The molecule has 0 unspecified atom stereocenters. The molecule has 21 heavy (non-hydrogen) atoms. The van der Waals surface area contributed by atoms with Crippen molar-refractivity contribution in [1.82, 2.24) is 4.31 Å². The third-order valence-electron chi connectivity index (χ3n) is 2.77. The Bertz CT molecular complexity index is 633. The van der Waals surface area contributed by atoms with Crippen molar-refractivity contribution >= 4 is 39.1 Å². The van der Waals surface area contributed by atoms with Gasteiger partial charge in [0.2, 0.25) is 10.0 Å². The summed E-state index contributed by atoms with van der Waals surface area (Å²) in [6.07, 6.45) is 0.103. The van der Waals surface area contributed by atoms with E-state index in [4.69, 9.17) is 34.1 Å². The molecular weight excluding hydrogens is 337 g/mol. The van der Waals surface area contributed by atoms with Gasteiger partial charge in [-0.1, -0.05) is 28.4 Å². The van der Waals surface area contributed by atoms with Crippen LogP contribution in [-0.4, -0.2) is 36.4 Å². The van der Waals surface area contributed by atoms with Crippen LogP contribution in [0.5, 0.6) is 0 Å². The summed E-state index contributed by atoms with van der Waals surface area (Å²) >= 11 is 11.8. The minimum Gasteiger partial charge on any atom is -0.409 e. The molecule has 1 aromatic rings. The number of halogens is 2. The van der Waals surface area contributed by atoms with E-state index in [1.165, 1.54) is 22.5 Å². The third kappa shape index (κ3) is 4.47. The van der Waals surface area contributed by atoms with Crippen LogP contribution in [0.3, 0.4) is 0 Å². The molecule has 0 heterocycles. The van der Waals surface area contributed by atoms with Crippen LogP contribution in [0, 0.1) is 0 Å². The van der Waals surface area contributed by atoms with Crippen molar-refractivity contribution in [2.75, 3.05) is 6.54 Å². The minimum atomic E-state index is -3.83. The molecule has 0 spiro atoms. The topological polar surface area (TPSA) is 96.0 Å². The van der Waals surface area contributed by atoms with Crippen LogP contribution in [0.2, 0.25) is 10.0 Å². The smallest absolute Gasteiger partial charge is 0.244 e. The summed E-state index contributed by atoms with van der Waals surface area (Å²) in [5.74, 6) is -0.0481. The predicted octanol–water partition coefficient (Wildman–Crippen LogP) is 2.53. The van der Waals surface area contributed by atoms with Gasteiger partial charge in [0.15, 0.2) is 0 Å². The van der Waals surface area contributed by atoms with E-state index in [-0.39, 0.29) is 39.8 Å². The van der Waals surface area contributed by atoms with Crippen LogP contribution in [-0.2, 0) is 10.0 Å². The first-order valence-corrected chi connectivity index (χ1v) is 8.33. The van der Waals surface area contributed by atoms with Crippen LogP contribution in [0.25, 0.3) is 0 Å². The van der Waals surface area contributed by atoms with Crippen LogP contribution in [0.1, 0.15) is 20.3 Å². The highest BCUT2D eigenvalue weighted by Gasteiger charge is 2.29. The fraction of sp³-hybridized carbons (Fsp3) is 0.417. The van der Waals surface area contributed by atoms with Crippen molar-refractivity contribution in [3.63, 3.8) is 0 Å². The Morgan fingerprint density at radius 1 is 1.43 bits per heavy atom. The molecule has 0 fully saturated rings. The van der Waals surface area contributed by atoms with Gasteiger partial charge in [0, 0.05) is 24.0 Å². The largest absolute Gasteiger partial charge is 0.409 e. The maximum atomic E-state index is 12.7. The summed E-state index contributed by atoms with van der Waals surface area (Å²) in [5.41, 5.74) is 5.39. The van der Waals surface area contributed by atoms with Crippen molar-refractivity contribution in [1.29, 1.82) is 0 Å². The molecule has 9 heteroatoms. The Morgan fingerprint density at radius 2 is 2.05 bits per heavy atom. The second kappa shape index (κ2) is 7.31. The first-order chi connectivity index (χ1) is 9.70. The second-order valence-electron chi connectivity index (χ2n) is 4.63. The van der Waals surface area contributed by atoms with Gasteiger partial charge in [0.25, 0.3) is 0 Å². The Balaban J connectivity index is 3.19. The minimum absolute atomic E-state index is 0.0481. The number of hydrogen-bond acceptors (Lipinski definition) is 4. The van der Waals surface area contributed by atoms with E-state index in [0.717, 1.165) is 0 Å². The maximum Gasteiger partial charge on any atom is 0.244 e. The molecule has 0 bridgehead atoms. The van der Waals surface area contributed by atoms with Gasteiger partial charge in [-0.15, -0.1) is 0 Å². The van der Waals surface area contributed by atoms with Crippen LogP contribution in [0.15, 0.2) is 28.3 Å². The van der Waals surface area contributed by atoms with E-state index in [1.54, 1.807) is 13.8 Å². The van der Waals surface area contributed by atoms with Crippen molar-refractivity contribution in [3.05, 3.63) is 28.2 Å². The van der Waals surface area contributed by atoms with E-state index < -0.39 is 10.0 Å². The molecule has 0 aliphatic rings. The van der Waals surface area contributed by atoms with Gasteiger partial charge in [-0.2, -0.15) is 4.31 Å². The van der Waals surface area contributed by atoms with Crippen molar-refractivity contribution in [2.24, 2.45) is 10.9 Å². The summed E-state index contributed by atoms with van der Waals surface area (Å²) < 4.78 is 26.6. The summed E-state index contributed by atoms with van der Waals surface area (Å²) in [6.45, 7) is 3.52. The Hall–Kier alpha value is -1.02. The van der Waals surface area contributed by atoms with Crippen LogP contribution < -0.4 is 5.73 Å². The number of nitrogens with zero attached hydrogens (tertiary/aromatic N) is 2. The zero-order valence-electron chi connectivity index (χ0n) is 11.6. The van der Waals surface area contributed by atoms with Gasteiger partial charge in [-0.25, -0.2) is 8.42 Å². The standard InChI is InChI=1S/C12H17Cl2N3O3S/c1-8(2)17(6-5-12(15)16-18)21(19,20)11-7-9(13)3-4-10(11)14/h3-4,7-8,18H,5-6H2,1-2H3,(H2,15,16). The average molecular weight is 354 g/mol. The van der Waals surface area contributed by atoms with Crippen LogP contribution >= 0.6 is 23.2 Å². The summed E-state index contributed by atoms with van der Waals surface area (Å²) in [7, 11) is -3.83. The Kier molecular flexibility index (Phi) is 6.27. The number of nitrogens with two attached hydrogens (primary N) is 1. The molecule has 0 aliphatic heterocycles. The molecule has 3 N–H and O–H groups in total.